The molecule has 0 saturated carbocycles. The molecular formula is C106H108BBr3F3N3O20. The lowest BCUT2D eigenvalue weighted by Crippen LogP contribution is -2.41. The summed E-state index contributed by atoms with van der Waals surface area (Å²) in [6, 6.07) is 47.1. The standard InChI is InChI=1S/C30H28FNO5.C30H29FO7.C26H30BFO6.C10H10BrNO.C8H9BrO.C2H2BrN/c1-17-12-21(35-11-10-32)13-18(2)29(17)23-6-8-25(31)30-24(23)7-9-26(30)37-20-4-5-22-19(14-28(33)34-3)16-36-27(22)15-20;1-16-10-20(36-15-28(34)35-3)11-17(2)29(16)22-6-8-24(31)30-23(22)7-9-25(30)38-19-4-5-21-18(12-27(32)33)14-37-26(21)13-19;1-25(2)26(3,4)34-27(33-25)19-9-10-20(28)24-18(19)8-11-21(24)32-16-6-7-17-15(12-23(29)30-5)14-31-22(17)13-16;1-7-5-9(13-4-3-12)6-8(2)10(7)11;1-5-3-7(10)4-6(2)8(5)9;3-1-2-4/h4-6,8,12-13,15,19,26H,7,9,11,14,16H2,1-3H3;4-6,8,10-11,13,18,25H,7,9,12,14-15H2,1-3H3,(H,32,33);6-7,9-10,13,15,21H,8,11-12,14H2,1-5H3;5-6H,4H2,1-2H3;3-4,10H,1-2H3;1H2/t19-,26-;18-,25-;15-,21-;;;/m111.../s1. The number of phenols is 1. The number of carboxylic acids is 1. The number of phenolic OH excluding ortho intramolecular Hbond substituents is 1. The number of nitrogens with zero attached hydrogens (tertiary/aromatic N) is 3. The van der Waals surface area contributed by atoms with Crippen LogP contribution in [0.1, 0.15) is 197 Å². The van der Waals surface area contributed by atoms with Crippen molar-refractivity contribution in [1.82, 2.24) is 0 Å². The Balaban J connectivity index is 0.000000161. The Labute approximate surface area is 816 Å². The summed E-state index contributed by atoms with van der Waals surface area (Å²) in [6.07, 6.45) is 3.24. The fourth-order valence-electron chi connectivity index (χ4n) is 18.0. The molecule has 1 fully saturated rings. The number of alkyl halides is 1. The Morgan fingerprint density at radius 2 is 0.772 bits per heavy atom. The van der Waals surface area contributed by atoms with Crippen LogP contribution in [-0.2, 0) is 62.0 Å². The number of hydrogen-bond donors (Lipinski definition) is 2. The van der Waals surface area contributed by atoms with E-state index in [-0.39, 0.29) is 86.2 Å². The number of esters is 3. The van der Waals surface area contributed by atoms with Gasteiger partial charge >= 0.3 is 31.0 Å². The van der Waals surface area contributed by atoms with Gasteiger partial charge in [-0.2, -0.15) is 15.8 Å². The van der Waals surface area contributed by atoms with E-state index in [1.165, 1.54) is 39.5 Å². The maximum Gasteiger partial charge on any atom is 0.495 e. The van der Waals surface area contributed by atoms with Crippen molar-refractivity contribution in [2.24, 2.45) is 0 Å². The van der Waals surface area contributed by atoms with Crippen molar-refractivity contribution in [3.05, 3.63) is 261 Å². The predicted octanol–water partition coefficient (Wildman–Crippen LogP) is 22.7. The largest absolute Gasteiger partial charge is 0.508 e. The van der Waals surface area contributed by atoms with E-state index in [1.807, 2.05) is 192 Å². The van der Waals surface area contributed by atoms with Crippen molar-refractivity contribution in [3.63, 3.8) is 0 Å². The van der Waals surface area contributed by atoms with Crippen LogP contribution in [0.25, 0.3) is 22.3 Å². The second-order valence-electron chi connectivity index (χ2n) is 35.0. The number of carboxylic acid groups (broad SMARTS) is 1. The molecule has 712 valence electrons. The van der Waals surface area contributed by atoms with E-state index in [9.17, 15) is 19.2 Å². The van der Waals surface area contributed by atoms with Crippen molar-refractivity contribution in [2.75, 3.05) is 66.3 Å². The topological polar surface area (TPSA) is 309 Å². The minimum atomic E-state index is -0.866. The number of fused-ring (bicyclic) bond motifs is 6. The number of benzene rings is 10. The van der Waals surface area contributed by atoms with E-state index >= 15 is 13.2 Å². The molecule has 136 heavy (non-hydrogen) atoms. The molecule has 17 rings (SSSR count). The lowest BCUT2D eigenvalue weighted by atomic mass is 9.75. The average molecular weight is 2050 g/mol. The van der Waals surface area contributed by atoms with Crippen molar-refractivity contribution < 1.29 is 109 Å². The summed E-state index contributed by atoms with van der Waals surface area (Å²) in [7, 11) is 3.53. The second kappa shape index (κ2) is 45.6. The Morgan fingerprint density at radius 3 is 1.12 bits per heavy atom. The Hall–Kier alpha value is -12.2. The molecular weight excluding hydrogens is 1940 g/mol. The van der Waals surface area contributed by atoms with Crippen LogP contribution >= 0.6 is 47.8 Å². The lowest BCUT2D eigenvalue weighted by Gasteiger charge is -2.32. The van der Waals surface area contributed by atoms with Crippen LogP contribution in [0, 0.1) is 107 Å². The molecule has 0 unspecified atom stereocenters. The summed E-state index contributed by atoms with van der Waals surface area (Å²) in [4.78, 5) is 45.9. The van der Waals surface area contributed by atoms with Gasteiger partial charge in [0.1, 0.15) is 105 Å². The number of methoxy groups -OCH3 is 3. The average Bonchev–Trinajstić information content (AvgIpc) is 1.60. The van der Waals surface area contributed by atoms with E-state index in [0.717, 1.165) is 120 Å². The minimum Gasteiger partial charge on any atom is -0.508 e. The van der Waals surface area contributed by atoms with Crippen LogP contribution < -0.4 is 48.1 Å². The Bertz CT molecular complexity index is 6180. The van der Waals surface area contributed by atoms with Gasteiger partial charge in [-0.3, -0.25) is 14.4 Å². The van der Waals surface area contributed by atoms with Gasteiger partial charge in [-0.15, -0.1) is 0 Å². The second-order valence-corrected chi connectivity index (χ2v) is 37.1. The fraction of sp³-hybridized carbons (Fsp3) is 0.368. The molecule has 3 aliphatic carbocycles. The number of aliphatic carboxylic acids is 1. The summed E-state index contributed by atoms with van der Waals surface area (Å²) in [5, 5.41) is 43.4. The molecule has 0 radical (unpaired) electrons. The zero-order valence-corrected chi connectivity index (χ0v) is 83.2. The normalized spacial score (nSPS) is 17.3. The van der Waals surface area contributed by atoms with Gasteiger partial charge in [0.2, 0.25) is 0 Å². The number of nitriles is 3. The number of carbonyl (C=O) groups excluding carboxylic acids is 3. The molecule has 23 nitrogen and oxygen atoms in total. The van der Waals surface area contributed by atoms with Gasteiger partial charge in [-0.05, 0) is 295 Å². The van der Waals surface area contributed by atoms with Crippen LogP contribution in [0.3, 0.4) is 0 Å². The van der Waals surface area contributed by atoms with Gasteiger partial charge in [0.15, 0.2) is 19.8 Å². The molecule has 6 atom stereocenters. The number of ether oxygens (including phenoxy) is 12. The van der Waals surface area contributed by atoms with Gasteiger partial charge in [-0.25, -0.2) is 18.0 Å². The first-order chi connectivity index (χ1) is 64.9. The summed E-state index contributed by atoms with van der Waals surface area (Å²) < 4.78 is 127. The molecule has 0 aromatic heterocycles. The first-order valence-corrected chi connectivity index (χ1v) is 47.1. The molecule has 30 heteroatoms. The molecule has 0 bridgehead atoms. The Morgan fingerprint density at radius 1 is 0.441 bits per heavy atom. The third kappa shape index (κ3) is 24.2. The monoisotopic (exact) mass is 2050 g/mol. The van der Waals surface area contributed by atoms with E-state index in [4.69, 9.17) is 87.4 Å². The first kappa shape index (κ1) is 103. The van der Waals surface area contributed by atoms with Crippen molar-refractivity contribution >= 4 is 84.2 Å². The van der Waals surface area contributed by atoms with E-state index in [1.54, 1.807) is 30.3 Å². The number of hydrogen-bond acceptors (Lipinski definition) is 22. The molecule has 0 spiro atoms. The molecule has 7 aliphatic rings. The van der Waals surface area contributed by atoms with Crippen LogP contribution in [0.4, 0.5) is 13.2 Å². The zero-order valence-electron chi connectivity index (χ0n) is 78.5. The number of carbonyl (C=O) groups is 4. The first-order valence-electron chi connectivity index (χ1n) is 44.4. The highest BCUT2D eigenvalue weighted by atomic mass is 79.9. The minimum absolute atomic E-state index is 0.00834. The number of aromatic hydroxyl groups is 1. The number of halogens is 6. The summed E-state index contributed by atoms with van der Waals surface area (Å²) >= 11 is 9.75. The smallest absolute Gasteiger partial charge is 0.495 e. The molecule has 0 amide bonds. The Kier molecular flexibility index (Phi) is 34.4. The quantitative estimate of drug-likeness (QED) is 0.0276. The zero-order chi connectivity index (χ0) is 98.3. The summed E-state index contributed by atoms with van der Waals surface area (Å²) in [5.41, 5.74) is 19.5. The molecule has 2 N–H and O–H groups in total. The van der Waals surface area contributed by atoms with E-state index < -0.39 is 48.6 Å². The number of aryl methyl sites for hydroxylation is 8. The van der Waals surface area contributed by atoms with Crippen molar-refractivity contribution in [1.29, 1.82) is 15.8 Å². The van der Waals surface area contributed by atoms with Crippen LogP contribution in [0.5, 0.6) is 57.5 Å². The predicted molar refractivity (Wildman–Crippen MR) is 517 cm³/mol. The summed E-state index contributed by atoms with van der Waals surface area (Å²) in [6.45, 7) is 24.9. The van der Waals surface area contributed by atoms with Gasteiger partial charge in [0.25, 0.3) is 0 Å². The van der Waals surface area contributed by atoms with Gasteiger partial charge in [0.05, 0.1) is 83.0 Å². The number of rotatable bonds is 22. The highest BCUT2D eigenvalue weighted by Crippen LogP contribution is 2.50. The molecule has 10 aromatic carbocycles. The molecule has 10 aromatic rings. The van der Waals surface area contributed by atoms with Crippen LogP contribution in [0.2, 0.25) is 0 Å². The van der Waals surface area contributed by atoms with Gasteiger partial charge in [0, 0.05) is 78.3 Å². The third-order valence-electron chi connectivity index (χ3n) is 25.2. The van der Waals surface area contributed by atoms with Crippen molar-refractivity contribution in [2.45, 2.75) is 188 Å². The highest BCUT2D eigenvalue weighted by molar-refractivity contribution is 9.11. The van der Waals surface area contributed by atoms with E-state index in [2.05, 4.69) is 52.5 Å². The van der Waals surface area contributed by atoms with Gasteiger partial charge < -0.3 is 76.4 Å². The molecule has 4 heterocycles. The maximum atomic E-state index is 15.2. The van der Waals surface area contributed by atoms with E-state index in [0.29, 0.717) is 132 Å². The molecule has 1 saturated heterocycles. The summed E-state index contributed by atoms with van der Waals surface area (Å²) in [5.74, 6) is 3.05. The van der Waals surface area contributed by atoms with Crippen LogP contribution in [-0.4, -0.2) is 119 Å². The van der Waals surface area contributed by atoms with Gasteiger partial charge in [-0.1, -0.05) is 84.2 Å². The highest BCUT2D eigenvalue weighted by Gasteiger charge is 2.53. The third-order valence-corrected chi connectivity index (χ3v) is 27.9. The molecule has 4 aliphatic heterocycles. The fourth-order valence-corrected chi connectivity index (χ4v) is 18.5. The van der Waals surface area contributed by atoms with Crippen molar-refractivity contribution in [3.8, 4) is 98.0 Å². The van der Waals surface area contributed by atoms with Crippen LogP contribution in [0.15, 0.2) is 148 Å². The maximum absolute atomic E-state index is 15.2. The SMILES string of the molecule is COC(=O)COc1cc(C)c(-c2ccc(F)c3c2CC[C@H]3Oc2ccc3c(c2)OC[C@H]3CC(=O)O)c(C)c1.COC(=O)C[C@@H]1COc2cc(O[C@@H]3CCc4c(-c5c(C)cc(OCC#N)cc5C)ccc(F)c43)ccc21.COC(=O)C[C@@H]1COc2cc(O[C@@H]3CCc4c(B5OC(C)(C)C(C)(C)O5)ccc(F)c43)ccc21.Cc1cc(O)cc(C)c1Br.Cc1cc(OCC#N)cc(C)c1Br.N#CCBr. The lowest BCUT2D eigenvalue weighted by molar-refractivity contribution is -0.143.